The van der Waals surface area contributed by atoms with Crippen LogP contribution >= 0.6 is 23.2 Å². The van der Waals surface area contributed by atoms with E-state index in [0.29, 0.717) is 73.9 Å². The molecule has 0 bridgehead atoms. The number of aromatic nitrogens is 2. The van der Waals surface area contributed by atoms with E-state index in [4.69, 9.17) is 37.9 Å². The number of ether oxygens (including phenoxy) is 1. The fourth-order valence-corrected chi connectivity index (χ4v) is 4.91. The Bertz CT molecular complexity index is 1190. The highest BCUT2D eigenvalue weighted by molar-refractivity contribution is 6.42. The smallest absolute Gasteiger partial charge is 0.383 e. The van der Waals surface area contributed by atoms with Gasteiger partial charge in [0.2, 0.25) is 5.95 Å². The largest absolute Gasteiger partial charge is 0.398 e. The molecule has 0 saturated carbocycles. The van der Waals surface area contributed by atoms with Crippen molar-refractivity contribution in [3.05, 3.63) is 57.3 Å². The van der Waals surface area contributed by atoms with Gasteiger partial charge in [0.05, 0.1) is 22.3 Å². The van der Waals surface area contributed by atoms with Crippen LogP contribution in [0.25, 0.3) is 0 Å². The number of hydrogen-bond acceptors (Lipinski definition) is 7. The molecule has 2 aliphatic rings. The molecule has 2 aliphatic heterocycles. The number of halogens is 5. The summed E-state index contributed by atoms with van der Waals surface area (Å²) in [7, 11) is 3.51. The maximum atomic E-state index is 13.9. The number of anilines is 2. The van der Waals surface area contributed by atoms with Crippen LogP contribution in [0.2, 0.25) is 10.0 Å². The summed E-state index contributed by atoms with van der Waals surface area (Å²) in [5.74, 6) is -0.339. The number of alkyl halides is 3. The molecule has 12 heteroatoms. The van der Waals surface area contributed by atoms with Crippen LogP contribution < -0.4 is 10.2 Å². The van der Waals surface area contributed by atoms with Gasteiger partial charge in [-0.15, -0.1) is 0 Å². The van der Waals surface area contributed by atoms with E-state index in [1.807, 2.05) is 18.0 Å². The highest BCUT2D eigenvalue weighted by Gasteiger charge is 2.44. The highest BCUT2D eigenvalue weighted by Crippen LogP contribution is 2.35. The van der Waals surface area contributed by atoms with Crippen molar-refractivity contribution in [3.63, 3.8) is 0 Å². The number of methoxy groups -OCH3 is 1. The molecule has 1 aromatic heterocycles. The maximum Gasteiger partial charge on any atom is 0.398 e. The number of nitrogens with one attached hydrogen (secondary N) is 1. The van der Waals surface area contributed by atoms with Crippen LogP contribution in [0, 0.1) is 5.92 Å². The number of fused-ring (bicyclic) bond motifs is 1. The van der Waals surface area contributed by atoms with Gasteiger partial charge < -0.3 is 19.9 Å². The minimum atomic E-state index is -4.35. The standard InChI is InChI=1S/C26H31Cl2F3N6O/c1-36(13-14-38-2)25-34-22-9-12-37(24-19(26(29,30)31)5-3-4-10-32-24)11-8-18(22)23(35-25)33-16-17-6-7-20(27)21(28)15-17/h4,6-7,10,15,19H,3,5,8-9,11-14,16H2,1-2H3,(H,33,34,35). The number of allylic oxidation sites excluding steroid dienone is 1. The lowest BCUT2D eigenvalue weighted by molar-refractivity contribution is -0.158. The van der Waals surface area contributed by atoms with Gasteiger partial charge in [-0.05, 0) is 37.0 Å². The molecule has 0 radical (unpaired) electrons. The summed E-state index contributed by atoms with van der Waals surface area (Å²) in [6.45, 7) is 2.30. The van der Waals surface area contributed by atoms with E-state index < -0.39 is 12.1 Å². The van der Waals surface area contributed by atoms with E-state index in [1.165, 1.54) is 6.20 Å². The van der Waals surface area contributed by atoms with Crippen molar-refractivity contribution in [2.45, 2.75) is 38.4 Å². The average molecular weight is 571 g/mol. The number of nitrogens with zero attached hydrogens (tertiary/aromatic N) is 5. The van der Waals surface area contributed by atoms with Crippen LogP contribution in [0.3, 0.4) is 0 Å². The summed E-state index contributed by atoms with van der Waals surface area (Å²) >= 11 is 12.2. The molecule has 1 unspecified atom stereocenters. The Balaban J connectivity index is 1.62. The third-order valence-corrected chi connectivity index (χ3v) is 7.45. The van der Waals surface area contributed by atoms with E-state index in [1.54, 1.807) is 30.2 Å². The minimum absolute atomic E-state index is 0.00696. The second kappa shape index (κ2) is 12.5. The first-order chi connectivity index (χ1) is 18.2. The monoisotopic (exact) mass is 570 g/mol. The van der Waals surface area contributed by atoms with E-state index >= 15 is 0 Å². The molecule has 0 spiro atoms. The summed E-state index contributed by atoms with van der Waals surface area (Å²) < 4.78 is 46.9. The highest BCUT2D eigenvalue weighted by atomic mass is 35.5. The molecule has 2 aromatic rings. The molecule has 38 heavy (non-hydrogen) atoms. The van der Waals surface area contributed by atoms with Gasteiger partial charge in [0.15, 0.2) is 0 Å². The Morgan fingerprint density at radius 2 is 1.95 bits per heavy atom. The molecule has 0 fully saturated rings. The van der Waals surface area contributed by atoms with Crippen LogP contribution in [-0.2, 0) is 24.1 Å². The van der Waals surface area contributed by atoms with Crippen molar-refractivity contribution in [3.8, 4) is 0 Å². The zero-order valence-electron chi connectivity index (χ0n) is 21.4. The lowest BCUT2D eigenvalue weighted by atomic mass is 10.0. The van der Waals surface area contributed by atoms with Crippen molar-refractivity contribution in [2.24, 2.45) is 10.9 Å². The average Bonchev–Trinajstić information content (AvgIpc) is 3.26. The van der Waals surface area contributed by atoms with Crippen molar-refractivity contribution in [1.82, 2.24) is 14.9 Å². The third kappa shape index (κ3) is 6.90. The summed E-state index contributed by atoms with van der Waals surface area (Å²) in [6, 6.07) is 5.41. The first kappa shape index (κ1) is 28.4. The minimum Gasteiger partial charge on any atom is -0.383 e. The Hall–Kier alpha value is -2.56. The molecule has 0 amide bonds. The quantitative estimate of drug-likeness (QED) is 0.456. The number of aliphatic imine (C=N–C) groups is 1. The maximum absolute atomic E-state index is 13.9. The van der Waals surface area contributed by atoms with Gasteiger partial charge in [0, 0.05) is 58.5 Å². The second-order valence-corrected chi connectivity index (χ2v) is 10.2. The van der Waals surface area contributed by atoms with E-state index in [0.717, 1.165) is 16.8 Å². The summed E-state index contributed by atoms with van der Waals surface area (Å²) in [5, 5.41) is 4.33. The lowest BCUT2D eigenvalue weighted by Gasteiger charge is -2.30. The summed E-state index contributed by atoms with van der Waals surface area (Å²) in [6.07, 6.45) is 0.117. The Kier molecular flexibility index (Phi) is 9.38. The van der Waals surface area contributed by atoms with E-state index in [2.05, 4.69) is 10.3 Å². The number of likely N-dealkylation sites (N-methyl/N-ethyl adjacent to an activating group) is 1. The van der Waals surface area contributed by atoms with Gasteiger partial charge in [-0.3, -0.25) is 0 Å². The SMILES string of the molecule is COCCN(C)c1nc2c(c(NCc3ccc(Cl)c(Cl)c3)n1)CCN(C1=NC=CCCC1C(F)(F)F)CC2. The van der Waals surface area contributed by atoms with Crippen LogP contribution in [0.5, 0.6) is 0 Å². The molecular weight excluding hydrogens is 540 g/mol. The molecule has 206 valence electrons. The number of hydrogen-bond donors (Lipinski definition) is 1. The summed E-state index contributed by atoms with van der Waals surface area (Å²) in [4.78, 5) is 17.5. The zero-order chi connectivity index (χ0) is 27.3. The van der Waals surface area contributed by atoms with Gasteiger partial charge >= 0.3 is 6.18 Å². The van der Waals surface area contributed by atoms with E-state index in [9.17, 15) is 13.2 Å². The Labute approximate surface area is 230 Å². The Morgan fingerprint density at radius 1 is 1.16 bits per heavy atom. The number of rotatable bonds is 7. The number of amidine groups is 1. The first-order valence-corrected chi connectivity index (χ1v) is 13.2. The number of benzene rings is 1. The predicted octanol–water partition coefficient (Wildman–Crippen LogP) is 5.76. The molecule has 1 aromatic carbocycles. The molecule has 0 saturated heterocycles. The van der Waals surface area contributed by atoms with Crippen molar-refractivity contribution >= 4 is 40.8 Å². The van der Waals surface area contributed by atoms with Crippen molar-refractivity contribution < 1.29 is 17.9 Å². The second-order valence-electron chi connectivity index (χ2n) is 9.34. The van der Waals surface area contributed by atoms with Crippen LogP contribution in [0.4, 0.5) is 24.9 Å². The van der Waals surface area contributed by atoms with Crippen LogP contribution in [-0.4, -0.2) is 67.3 Å². The van der Waals surface area contributed by atoms with E-state index in [-0.39, 0.29) is 12.3 Å². The van der Waals surface area contributed by atoms with Gasteiger partial charge in [-0.1, -0.05) is 35.3 Å². The lowest BCUT2D eigenvalue weighted by Crippen LogP contribution is -2.43. The zero-order valence-corrected chi connectivity index (χ0v) is 22.9. The van der Waals surface area contributed by atoms with Crippen LogP contribution in [0.1, 0.15) is 29.7 Å². The third-order valence-electron chi connectivity index (χ3n) is 6.71. The van der Waals surface area contributed by atoms with Gasteiger partial charge in [0.25, 0.3) is 0 Å². The molecule has 4 rings (SSSR count). The van der Waals surface area contributed by atoms with Gasteiger partial charge in [-0.25, -0.2) is 9.98 Å². The molecule has 7 nitrogen and oxygen atoms in total. The molecular formula is C26H31Cl2F3N6O. The predicted molar refractivity (Wildman–Crippen MR) is 145 cm³/mol. The molecule has 0 aliphatic carbocycles. The van der Waals surface area contributed by atoms with Crippen molar-refractivity contribution in [1.29, 1.82) is 0 Å². The normalized spacial score (nSPS) is 17.9. The molecule has 1 atom stereocenters. The molecule has 3 heterocycles. The van der Waals surface area contributed by atoms with Crippen molar-refractivity contribution in [2.75, 3.05) is 50.6 Å². The van der Waals surface area contributed by atoms with Crippen LogP contribution in [0.15, 0.2) is 35.5 Å². The summed E-state index contributed by atoms with van der Waals surface area (Å²) in [5.41, 5.74) is 2.63. The fraction of sp³-hybridized carbons (Fsp3) is 0.500. The Morgan fingerprint density at radius 3 is 2.68 bits per heavy atom. The topological polar surface area (TPSA) is 65.9 Å². The fourth-order valence-electron chi connectivity index (χ4n) is 4.59. The molecule has 1 N–H and O–H groups in total. The first-order valence-electron chi connectivity index (χ1n) is 12.5. The van der Waals surface area contributed by atoms with Gasteiger partial charge in [-0.2, -0.15) is 18.2 Å². The van der Waals surface area contributed by atoms with Gasteiger partial charge in [0.1, 0.15) is 17.6 Å².